The maximum absolute atomic E-state index is 6.29. The van der Waals surface area contributed by atoms with E-state index in [0.717, 1.165) is 30.2 Å². The second-order valence-electron chi connectivity index (χ2n) is 41.4. The van der Waals surface area contributed by atoms with E-state index in [2.05, 4.69) is 375 Å². The molecule has 0 heterocycles. The fourth-order valence-electron chi connectivity index (χ4n) is 10.2. The summed E-state index contributed by atoms with van der Waals surface area (Å²) in [7, 11) is -39.5. The van der Waals surface area contributed by atoms with Crippen LogP contribution in [-0.2, 0) is 78.2 Å². The second-order valence-corrected chi connectivity index (χ2v) is 137. The zero-order valence-corrected chi connectivity index (χ0v) is 109. The molecule has 0 fully saturated rings. The van der Waals surface area contributed by atoms with Crippen molar-refractivity contribution in [3.05, 3.63) is 0 Å². The lowest BCUT2D eigenvalue weighted by Crippen LogP contribution is -2.51. The van der Waals surface area contributed by atoms with E-state index in [4.69, 9.17) is 78.2 Å². The fourth-order valence-corrected chi connectivity index (χ4v) is 97.2. The molecule has 0 radical (unpaired) electrons. The Morgan fingerprint density at radius 1 is 0.178 bits per heavy atom. The van der Waals surface area contributed by atoms with Gasteiger partial charge in [-0.1, -0.05) is 34.6 Å². The molecule has 8 atom stereocenters. The molecule has 0 amide bonds. The van der Waals surface area contributed by atoms with Gasteiger partial charge in [0.15, 0.2) is 118 Å². The smallest absolute Gasteiger partial charge is 0.315 e. The molecule has 45 heteroatoms. The highest BCUT2D eigenvalue weighted by Gasteiger charge is 2.42. The third-order valence-corrected chi connectivity index (χ3v) is 91.0. The predicted octanol–water partition coefficient (Wildman–Crippen LogP) is 21.6. The van der Waals surface area contributed by atoms with Gasteiger partial charge in [-0.2, -0.15) is 0 Å². The SMILES string of the molecule is CC[SiH](O[Si](C)(C)C)O[Si](C)(C)C.CC[SiH](O[Si](C)(C)C)O[Si](C)(C)C.CC[Si](C)(O[SiH](C)O[SiH](C)C)O[Si](C)(C)C.CC[Si](C)(O[SiH](C)O[Si](C)(C)C)O[Si](C)(C)C.CC[Si](C)(O[SiH](C)O[Si](C)(C)C)O[Si](C)(C)C.C[SiH](C)O[SiH](C)O[Si](C)(C)O[Si](C)(C)C.C[SiH](O[Si](C)(C)C)O[Si](C)(C)O[Si](C)(C)C. The highest BCUT2D eigenvalue weighted by atomic mass is 28.5. The summed E-state index contributed by atoms with van der Waals surface area (Å²) in [6.07, 6.45) is 0. The largest absolute Gasteiger partial charge is 0.442 e. The standard InChI is InChI=1S/2C10H30O3Si4.2C9H28O3Si4.C8H26O3Si4.2C8H24O2Si3/c2*1-10-17(9,13-16(6,7)8)12-14(2)11-15(3,4)5;1-13(10-14(2,3)4)11-16(8,9)12-15(5,6)7;1-9-16(8,12-15(5,6)7)11-14(4)10-13(2)3;1-12(2)9-13(3)10-15(7,8)11-14(4,5)6;2*1-8-11(9-12(2,3)4)10-13(5,6)7/h2*14H,10H2,1-9H3;13H,1-9H3;13-14H,9H2,1-8H3;12-13H,1-8H3;2*11H,8H2,1-7H3. The third-order valence-electron chi connectivity index (χ3n) is 11.8. The average molecular weight is 1970 g/mol. The van der Waals surface area contributed by atoms with Crippen LogP contribution in [0.2, 0.25) is 371 Å². The van der Waals surface area contributed by atoms with Crippen molar-refractivity contribution < 1.29 is 78.2 Å². The lowest BCUT2D eigenvalue weighted by atomic mass is 11.0. The molecule has 0 aliphatic rings. The van der Waals surface area contributed by atoms with Crippen LogP contribution in [0.4, 0.5) is 0 Å². The van der Waals surface area contributed by atoms with Gasteiger partial charge < -0.3 is 78.2 Å². The summed E-state index contributed by atoms with van der Waals surface area (Å²) < 4.78 is 116. The van der Waals surface area contributed by atoms with Crippen LogP contribution >= 0.6 is 0 Å². The molecule has 0 saturated carbocycles. The Morgan fingerprint density at radius 3 is 0.486 bits per heavy atom. The molecular weight excluding hydrogens is 1780 g/mol. The molecule has 0 aromatic rings. The summed E-state index contributed by atoms with van der Waals surface area (Å²) in [5.74, 6) is 0. The molecule has 0 aliphatic carbocycles. The van der Waals surface area contributed by atoms with Crippen molar-refractivity contribution in [3.8, 4) is 0 Å². The Labute approximate surface area is 702 Å². The van der Waals surface area contributed by atoms with Crippen molar-refractivity contribution in [1.82, 2.24) is 0 Å². The molecule has 0 bridgehead atoms. The fraction of sp³-hybridized carbons (Fsp3) is 1.00. The Bertz CT molecular complexity index is 2130. The van der Waals surface area contributed by atoms with Crippen LogP contribution in [0, 0.1) is 0 Å². The van der Waals surface area contributed by atoms with E-state index >= 15 is 0 Å². The molecule has 8 unspecified atom stereocenters. The Kier molecular flexibility index (Phi) is 62.8. The number of rotatable bonds is 43. The maximum Gasteiger partial charge on any atom is 0.315 e. The lowest BCUT2D eigenvalue weighted by Gasteiger charge is -2.36. The molecule has 0 aromatic carbocycles. The van der Waals surface area contributed by atoms with Gasteiger partial charge in [-0.15, -0.1) is 0 Å². The van der Waals surface area contributed by atoms with Crippen molar-refractivity contribution in [2.24, 2.45) is 0 Å². The normalized spacial score (nSPS) is 16.8. The van der Waals surface area contributed by atoms with Crippen molar-refractivity contribution in [3.63, 3.8) is 0 Å². The van der Waals surface area contributed by atoms with Crippen LogP contribution in [0.5, 0.6) is 0 Å². The zero-order chi connectivity index (χ0) is 87.7. The van der Waals surface area contributed by atoms with Gasteiger partial charge in [-0.05, 0) is 371 Å². The highest BCUT2D eigenvalue weighted by molar-refractivity contribution is 6.89. The van der Waals surface area contributed by atoms with Gasteiger partial charge in [0, 0.05) is 0 Å². The Morgan fingerprint density at radius 2 is 0.336 bits per heavy atom. The molecule has 656 valence electrons. The average Bonchev–Trinajstić information content (AvgIpc) is 0.865. The Hall–Kier alpha value is 4.88. The van der Waals surface area contributed by atoms with E-state index in [9.17, 15) is 0 Å². The molecule has 0 rings (SSSR count). The highest BCUT2D eigenvalue weighted by Crippen LogP contribution is 2.26. The lowest BCUT2D eigenvalue weighted by molar-refractivity contribution is 0.343. The van der Waals surface area contributed by atoms with Crippen LogP contribution in [0.15, 0.2) is 0 Å². The molecular formula is C62H190O19Si26. The van der Waals surface area contributed by atoms with E-state index in [1.165, 1.54) is 0 Å². The first-order valence-corrected chi connectivity index (χ1v) is 114. The van der Waals surface area contributed by atoms with Gasteiger partial charge in [0.2, 0.25) is 0 Å². The first kappa shape index (κ1) is 125. The summed E-state index contributed by atoms with van der Waals surface area (Å²) in [4.78, 5) is 0. The minimum Gasteiger partial charge on any atom is -0.442 e. The predicted molar refractivity (Wildman–Crippen MR) is 540 cm³/mol. The molecule has 0 N–H and O–H groups in total. The van der Waals surface area contributed by atoms with Gasteiger partial charge in [0.05, 0.1) is 0 Å². The van der Waals surface area contributed by atoms with Crippen LogP contribution in [0.1, 0.15) is 34.6 Å². The van der Waals surface area contributed by atoms with Crippen molar-refractivity contribution in [2.75, 3.05) is 0 Å². The summed E-state index contributed by atoms with van der Waals surface area (Å²) >= 11 is 0. The zero-order valence-electron chi connectivity index (χ0n) is 82.0. The molecule has 19 nitrogen and oxygen atoms in total. The van der Waals surface area contributed by atoms with Crippen LogP contribution < -0.4 is 0 Å². The van der Waals surface area contributed by atoms with Crippen molar-refractivity contribution in [2.45, 2.75) is 405 Å². The van der Waals surface area contributed by atoms with Crippen LogP contribution in [0.25, 0.3) is 0 Å². The molecule has 107 heavy (non-hydrogen) atoms. The van der Waals surface area contributed by atoms with Crippen molar-refractivity contribution >= 4 is 226 Å². The van der Waals surface area contributed by atoms with Crippen LogP contribution in [0.3, 0.4) is 0 Å². The quantitative estimate of drug-likeness (QED) is 0.0527. The first-order valence-electron chi connectivity index (χ1n) is 40.4. The van der Waals surface area contributed by atoms with Gasteiger partial charge in [-0.3, -0.25) is 0 Å². The van der Waals surface area contributed by atoms with Crippen LogP contribution in [-0.4, -0.2) is 226 Å². The van der Waals surface area contributed by atoms with E-state index in [1.54, 1.807) is 0 Å². The Balaban J connectivity index is -0.000000219. The van der Waals surface area contributed by atoms with E-state index < -0.39 is 226 Å². The molecule has 0 aliphatic heterocycles. The summed E-state index contributed by atoms with van der Waals surface area (Å²) in [6.45, 7) is 125. The molecule has 0 aromatic heterocycles. The minimum atomic E-state index is -2.00. The van der Waals surface area contributed by atoms with Crippen molar-refractivity contribution in [1.29, 1.82) is 0 Å². The first-order chi connectivity index (χ1) is 46.4. The third kappa shape index (κ3) is 97.9. The van der Waals surface area contributed by atoms with Gasteiger partial charge >= 0.3 is 61.4 Å². The summed E-state index contributed by atoms with van der Waals surface area (Å²) in [5.41, 5.74) is 0. The van der Waals surface area contributed by atoms with E-state index in [0.29, 0.717) is 0 Å². The number of hydrogen-bond donors (Lipinski definition) is 0. The summed E-state index contributed by atoms with van der Waals surface area (Å²) in [5, 5.41) is 0. The monoisotopic (exact) mass is 1970 g/mol. The molecule has 0 saturated heterocycles. The maximum atomic E-state index is 6.29. The topological polar surface area (TPSA) is 175 Å². The minimum absolute atomic E-state index is 0.956. The van der Waals surface area contributed by atoms with E-state index in [-0.39, 0.29) is 0 Å². The second kappa shape index (κ2) is 53.7. The molecule has 0 spiro atoms. The van der Waals surface area contributed by atoms with E-state index in [1.807, 2.05) is 0 Å². The van der Waals surface area contributed by atoms with Gasteiger partial charge in [-0.25, -0.2) is 0 Å². The number of hydrogen-bond acceptors (Lipinski definition) is 19. The van der Waals surface area contributed by atoms with Gasteiger partial charge in [0.25, 0.3) is 46.4 Å². The van der Waals surface area contributed by atoms with Gasteiger partial charge in [0.1, 0.15) is 0 Å². The summed E-state index contributed by atoms with van der Waals surface area (Å²) in [6, 6.07) is 5.20.